The molecule has 1 aliphatic rings. The standard InChI is InChI=1S/C8H16FN3O3S/c9-7(16(14,15)6-1-10)8(13)12-4-2-11-3-5-12/h7,11H,1-6,10H2. The van der Waals surface area contributed by atoms with Crippen molar-refractivity contribution in [3.8, 4) is 0 Å². The Kier molecular flexibility index (Phi) is 4.63. The van der Waals surface area contributed by atoms with Gasteiger partial charge in [-0.05, 0) is 0 Å². The number of halogens is 1. The van der Waals surface area contributed by atoms with Crippen LogP contribution in [0.1, 0.15) is 0 Å². The first-order valence-electron chi connectivity index (χ1n) is 5.04. The van der Waals surface area contributed by atoms with Gasteiger partial charge in [-0.25, -0.2) is 12.8 Å². The molecule has 1 rings (SSSR count). The molecule has 1 atom stereocenters. The Labute approximate surface area is 93.9 Å². The molecule has 1 heterocycles. The second kappa shape index (κ2) is 5.55. The minimum Gasteiger partial charge on any atom is -0.337 e. The summed E-state index contributed by atoms with van der Waals surface area (Å²) in [6.45, 7) is 1.58. The number of rotatable bonds is 4. The molecule has 1 unspecified atom stereocenters. The molecule has 0 aromatic carbocycles. The van der Waals surface area contributed by atoms with Crippen LogP contribution in [0, 0.1) is 0 Å². The third-order valence-corrected chi connectivity index (χ3v) is 3.98. The number of nitrogens with two attached hydrogens (primary N) is 1. The van der Waals surface area contributed by atoms with Crippen molar-refractivity contribution < 1.29 is 17.6 Å². The van der Waals surface area contributed by atoms with Gasteiger partial charge in [0, 0.05) is 32.7 Å². The molecule has 0 radical (unpaired) electrons. The summed E-state index contributed by atoms with van der Waals surface area (Å²) in [6.07, 6.45) is 0. The molecule has 6 nitrogen and oxygen atoms in total. The Balaban J connectivity index is 2.65. The first-order valence-corrected chi connectivity index (χ1v) is 6.76. The average Bonchev–Trinajstić information content (AvgIpc) is 2.28. The lowest BCUT2D eigenvalue weighted by molar-refractivity contribution is -0.134. The van der Waals surface area contributed by atoms with Gasteiger partial charge in [0.15, 0.2) is 9.84 Å². The zero-order valence-corrected chi connectivity index (χ0v) is 9.67. The number of sulfone groups is 1. The molecule has 16 heavy (non-hydrogen) atoms. The summed E-state index contributed by atoms with van der Waals surface area (Å²) in [5.41, 5.74) is 2.57. The minimum absolute atomic E-state index is 0.183. The van der Waals surface area contributed by atoms with Gasteiger partial charge in [0.1, 0.15) is 0 Å². The van der Waals surface area contributed by atoms with Crippen molar-refractivity contribution >= 4 is 15.7 Å². The number of alkyl halides is 1. The van der Waals surface area contributed by atoms with E-state index in [1.165, 1.54) is 4.90 Å². The van der Waals surface area contributed by atoms with E-state index < -0.39 is 27.0 Å². The number of carbonyl (C=O) groups excluding carboxylic acids is 1. The Morgan fingerprint density at radius 3 is 2.50 bits per heavy atom. The zero-order valence-electron chi connectivity index (χ0n) is 8.86. The van der Waals surface area contributed by atoms with Gasteiger partial charge in [-0.2, -0.15) is 0 Å². The average molecular weight is 253 g/mol. The van der Waals surface area contributed by atoms with Crippen LogP contribution in [-0.4, -0.2) is 63.2 Å². The molecule has 1 fully saturated rings. The highest BCUT2D eigenvalue weighted by Crippen LogP contribution is 2.09. The van der Waals surface area contributed by atoms with Gasteiger partial charge in [0.25, 0.3) is 11.4 Å². The van der Waals surface area contributed by atoms with E-state index in [0.29, 0.717) is 26.2 Å². The molecule has 8 heteroatoms. The first-order chi connectivity index (χ1) is 7.49. The van der Waals surface area contributed by atoms with Crippen LogP contribution in [0.2, 0.25) is 0 Å². The summed E-state index contributed by atoms with van der Waals surface area (Å²) in [4.78, 5) is 12.7. The summed E-state index contributed by atoms with van der Waals surface area (Å²) < 4.78 is 36.1. The molecule has 0 aromatic rings. The normalized spacial score (nSPS) is 19.5. The molecule has 3 N–H and O–H groups in total. The number of carbonyl (C=O) groups is 1. The van der Waals surface area contributed by atoms with Crippen LogP contribution in [0.5, 0.6) is 0 Å². The largest absolute Gasteiger partial charge is 0.337 e. The first kappa shape index (κ1) is 13.3. The van der Waals surface area contributed by atoms with E-state index in [-0.39, 0.29) is 6.54 Å². The molecule has 0 spiro atoms. The Morgan fingerprint density at radius 1 is 1.44 bits per heavy atom. The molecule has 0 bridgehead atoms. The highest BCUT2D eigenvalue weighted by Gasteiger charge is 2.35. The third-order valence-electron chi connectivity index (χ3n) is 2.34. The number of amides is 1. The van der Waals surface area contributed by atoms with Gasteiger partial charge in [0.05, 0.1) is 5.75 Å². The van der Waals surface area contributed by atoms with Crippen LogP contribution in [0.3, 0.4) is 0 Å². The quantitative estimate of drug-likeness (QED) is 0.610. The number of hydrogen-bond donors (Lipinski definition) is 2. The van der Waals surface area contributed by atoms with Crippen molar-refractivity contribution in [2.75, 3.05) is 38.5 Å². The Morgan fingerprint density at radius 2 is 2.00 bits per heavy atom. The molecule has 0 aliphatic carbocycles. The van der Waals surface area contributed by atoms with Crippen LogP contribution in [0.15, 0.2) is 0 Å². The lowest BCUT2D eigenvalue weighted by Crippen LogP contribution is -2.50. The molecule has 1 saturated heterocycles. The summed E-state index contributed by atoms with van der Waals surface area (Å²) in [7, 11) is -4.06. The van der Waals surface area contributed by atoms with Crippen molar-refractivity contribution in [2.24, 2.45) is 5.73 Å². The van der Waals surface area contributed by atoms with E-state index in [1.807, 2.05) is 0 Å². The van der Waals surface area contributed by atoms with Gasteiger partial charge >= 0.3 is 0 Å². The van der Waals surface area contributed by atoms with Gasteiger partial charge < -0.3 is 16.0 Å². The van der Waals surface area contributed by atoms with Gasteiger partial charge in [-0.3, -0.25) is 4.79 Å². The van der Waals surface area contributed by atoms with Crippen molar-refractivity contribution in [1.29, 1.82) is 0 Å². The van der Waals surface area contributed by atoms with E-state index in [2.05, 4.69) is 5.32 Å². The topological polar surface area (TPSA) is 92.5 Å². The van der Waals surface area contributed by atoms with Crippen LogP contribution in [0.25, 0.3) is 0 Å². The highest BCUT2D eigenvalue weighted by atomic mass is 32.2. The van der Waals surface area contributed by atoms with Crippen molar-refractivity contribution in [3.05, 3.63) is 0 Å². The van der Waals surface area contributed by atoms with Gasteiger partial charge in [-0.1, -0.05) is 0 Å². The summed E-state index contributed by atoms with van der Waals surface area (Å²) in [5, 5.41) is 2.99. The highest BCUT2D eigenvalue weighted by molar-refractivity contribution is 7.92. The van der Waals surface area contributed by atoms with E-state index in [9.17, 15) is 17.6 Å². The van der Waals surface area contributed by atoms with E-state index in [0.717, 1.165) is 0 Å². The fourth-order valence-corrected chi connectivity index (χ4v) is 2.44. The van der Waals surface area contributed by atoms with E-state index >= 15 is 0 Å². The zero-order chi connectivity index (χ0) is 12.2. The van der Waals surface area contributed by atoms with Crippen LogP contribution in [-0.2, 0) is 14.6 Å². The molecular formula is C8H16FN3O3S. The fourth-order valence-electron chi connectivity index (χ4n) is 1.45. The second-order valence-electron chi connectivity index (χ2n) is 3.55. The SMILES string of the molecule is NCCS(=O)(=O)C(F)C(=O)N1CCNCC1. The predicted octanol–water partition coefficient (Wildman–Crippen LogP) is -1.91. The van der Waals surface area contributed by atoms with Crippen molar-refractivity contribution in [3.63, 3.8) is 0 Å². The second-order valence-corrected chi connectivity index (χ2v) is 5.69. The summed E-state index contributed by atoms with van der Waals surface area (Å²) in [5.74, 6) is -1.48. The van der Waals surface area contributed by atoms with Crippen molar-refractivity contribution in [1.82, 2.24) is 10.2 Å². The van der Waals surface area contributed by atoms with Gasteiger partial charge in [0.2, 0.25) is 0 Å². The monoisotopic (exact) mass is 253 g/mol. The minimum atomic E-state index is -4.06. The maximum atomic E-state index is 13.5. The number of piperazine rings is 1. The summed E-state index contributed by atoms with van der Waals surface area (Å²) >= 11 is 0. The maximum absolute atomic E-state index is 13.5. The van der Waals surface area contributed by atoms with Crippen LogP contribution < -0.4 is 11.1 Å². The third kappa shape index (κ3) is 3.13. The Hall–Kier alpha value is -0.730. The Bertz CT molecular complexity index is 340. The molecule has 94 valence electrons. The van der Waals surface area contributed by atoms with E-state index in [1.54, 1.807) is 0 Å². The summed E-state index contributed by atoms with van der Waals surface area (Å²) in [6, 6.07) is 0. The number of hydrogen-bond acceptors (Lipinski definition) is 5. The van der Waals surface area contributed by atoms with Gasteiger partial charge in [-0.15, -0.1) is 0 Å². The number of nitrogens with one attached hydrogen (secondary N) is 1. The maximum Gasteiger partial charge on any atom is 0.278 e. The molecule has 0 saturated carbocycles. The fraction of sp³-hybridized carbons (Fsp3) is 0.875. The molecular weight excluding hydrogens is 237 g/mol. The predicted molar refractivity (Wildman–Crippen MR) is 57.2 cm³/mol. The van der Waals surface area contributed by atoms with Crippen molar-refractivity contribution in [2.45, 2.75) is 5.50 Å². The lowest BCUT2D eigenvalue weighted by Gasteiger charge is -2.28. The molecule has 0 aromatic heterocycles. The number of nitrogens with zero attached hydrogens (tertiary/aromatic N) is 1. The lowest BCUT2D eigenvalue weighted by atomic mass is 10.3. The molecule has 1 amide bonds. The molecule has 1 aliphatic heterocycles. The van der Waals surface area contributed by atoms with E-state index in [4.69, 9.17) is 5.73 Å². The van der Waals surface area contributed by atoms with Crippen LogP contribution in [0.4, 0.5) is 4.39 Å². The van der Waals surface area contributed by atoms with Crippen LogP contribution >= 0.6 is 0 Å². The smallest absolute Gasteiger partial charge is 0.278 e.